The molecule has 21 heavy (non-hydrogen) atoms. The topological polar surface area (TPSA) is 85.3 Å². The number of aliphatic carboxylic acids is 1. The van der Waals surface area contributed by atoms with E-state index in [2.05, 4.69) is 0 Å². The van der Waals surface area contributed by atoms with Crippen molar-refractivity contribution in [2.45, 2.75) is 38.2 Å². The molecule has 7 heteroatoms. The minimum Gasteiger partial charge on any atom is -0.479 e. The number of hydrogen-bond acceptors (Lipinski definition) is 5. The van der Waals surface area contributed by atoms with Crippen LogP contribution in [0.4, 0.5) is 4.79 Å². The summed E-state index contributed by atoms with van der Waals surface area (Å²) < 4.78 is 15.5. The minimum absolute atomic E-state index is 0.226. The van der Waals surface area contributed by atoms with Crippen LogP contribution < -0.4 is 0 Å². The Hall–Kier alpha value is -1.34. The molecule has 0 spiro atoms. The summed E-state index contributed by atoms with van der Waals surface area (Å²) in [6.45, 7) is 3.64. The number of carboxylic acids is 1. The number of carbonyl (C=O) groups is 2. The SMILES string of the molecule is CCCCOC(=O)N1CCC(OCCOC)(C(=O)O)CC1. The van der Waals surface area contributed by atoms with Gasteiger partial charge in [-0.25, -0.2) is 9.59 Å². The molecule has 1 aliphatic heterocycles. The Morgan fingerprint density at radius 3 is 2.38 bits per heavy atom. The van der Waals surface area contributed by atoms with Crippen LogP contribution in [-0.4, -0.2) is 67.7 Å². The van der Waals surface area contributed by atoms with Gasteiger partial charge in [-0.3, -0.25) is 0 Å². The number of hydrogen-bond donors (Lipinski definition) is 1. The maximum Gasteiger partial charge on any atom is 0.409 e. The van der Waals surface area contributed by atoms with E-state index in [0.29, 0.717) is 26.3 Å². The summed E-state index contributed by atoms with van der Waals surface area (Å²) in [6, 6.07) is 0. The Labute approximate surface area is 125 Å². The molecule has 122 valence electrons. The zero-order valence-corrected chi connectivity index (χ0v) is 12.8. The fourth-order valence-corrected chi connectivity index (χ4v) is 2.19. The van der Waals surface area contributed by atoms with Crippen molar-refractivity contribution in [3.8, 4) is 0 Å². The van der Waals surface area contributed by atoms with Crippen molar-refractivity contribution in [2.24, 2.45) is 0 Å². The van der Waals surface area contributed by atoms with Gasteiger partial charge in [-0.2, -0.15) is 0 Å². The van der Waals surface area contributed by atoms with Crippen molar-refractivity contribution in [3.63, 3.8) is 0 Å². The number of methoxy groups -OCH3 is 1. The summed E-state index contributed by atoms with van der Waals surface area (Å²) in [5.41, 5.74) is -1.22. The molecule has 1 amide bonds. The highest BCUT2D eigenvalue weighted by atomic mass is 16.6. The number of unbranched alkanes of at least 4 members (excludes halogenated alkanes) is 1. The zero-order valence-electron chi connectivity index (χ0n) is 12.8. The maximum atomic E-state index is 11.8. The fourth-order valence-electron chi connectivity index (χ4n) is 2.19. The van der Waals surface area contributed by atoms with Gasteiger partial charge in [0.1, 0.15) is 0 Å². The summed E-state index contributed by atoms with van der Waals surface area (Å²) in [4.78, 5) is 24.8. The van der Waals surface area contributed by atoms with Gasteiger partial charge in [0.25, 0.3) is 0 Å². The number of piperidine rings is 1. The number of carboxylic acid groups (broad SMARTS) is 1. The average molecular weight is 303 g/mol. The van der Waals surface area contributed by atoms with E-state index in [0.717, 1.165) is 12.8 Å². The first-order valence-corrected chi connectivity index (χ1v) is 7.33. The Bertz CT molecular complexity index is 338. The normalized spacial score (nSPS) is 17.5. The van der Waals surface area contributed by atoms with Crippen LogP contribution in [0.25, 0.3) is 0 Å². The molecule has 0 aromatic heterocycles. The summed E-state index contributed by atoms with van der Waals surface area (Å²) in [6.07, 6.45) is 1.94. The lowest BCUT2D eigenvalue weighted by Gasteiger charge is -2.38. The molecular formula is C14H25NO6. The summed E-state index contributed by atoms with van der Waals surface area (Å²) in [5, 5.41) is 9.39. The van der Waals surface area contributed by atoms with E-state index in [4.69, 9.17) is 14.2 Å². The highest BCUT2D eigenvalue weighted by Crippen LogP contribution is 2.27. The van der Waals surface area contributed by atoms with Gasteiger partial charge in [0.2, 0.25) is 0 Å². The van der Waals surface area contributed by atoms with Crippen LogP contribution in [0.2, 0.25) is 0 Å². The Morgan fingerprint density at radius 1 is 1.19 bits per heavy atom. The van der Waals surface area contributed by atoms with Crippen LogP contribution in [0, 0.1) is 0 Å². The highest BCUT2D eigenvalue weighted by Gasteiger charge is 2.43. The first kappa shape index (κ1) is 17.7. The number of carbonyl (C=O) groups excluding carboxylic acids is 1. The molecule has 0 aromatic rings. The smallest absolute Gasteiger partial charge is 0.409 e. The Balaban J connectivity index is 2.46. The quantitative estimate of drug-likeness (QED) is 0.684. The monoisotopic (exact) mass is 303 g/mol. The van der Waals surface area contributed by atoms with Crippen LogP contribution >= 0.6 is 0 Å². The van der Waals surface area contributed by atoms with Crippen LogP contribution in [0.3, 0.4) is 0 Å². The molecule has 1 aliphatic rings. The predicted molar refractivity (Wildman–Crippen MR) is 75.3 cm³/mol. The average Bonchev–Trinajstić information content (AvgIpc) is 2.48. The third-order valence-electron chi connectivity index (χ3n) is 3.61. The second kappa shape index (κ2) is 8.84. The second-order valence-electron chi connectivity index (χ2n) is 5.10. The van der Waals surface area contributed by atoms with Gasteiger partial charge in [-0.1, -0.05) is 13.3 Å². The van der Waals surface area contributed by atoms with Crippen LogP contribution in [0.1, 0.15) is 32.6 Å². The molecule has 0 aromatic carbocycles. The zero-order chi connectivity index (χ0) is 15.7. The van der Waals surface area contributed by atoms with Gasteiger partial charge in [-0.05, 0) is 6.42 Å². The molecule has 1 heterocycles. The number of nitrogens with zero attached hydrogens (tertiary/aromatic N) is 1. The first-order chi connectivity index (χ1) is 10.1. The third-order valence-corrected chi connectivity index (χ3v) is 3.61. The maximum absolute atomic E-state index is 11.8. The molecular weight excluding hydrogens is 278 g/mol. The lowest BCUT2D eigenvalue weighted by Crippen LogP contribution is -2.53. The molecule has 0 bridgehead atoms. The number of amides is 1. The van der Waals surface area contributed by atoms with Gasteiger partial charge in [0.15, 0.2) is 5.60 Å². The van der Waals surface area contributed by atoms with Gasteiger partial charge >= 0.3 is 12.1 Å². The van der Waals surface area contributed by atoms with E-state index in [1.165, 1.54) is 12.0 Å². The molecule has 1 saturated heterocycles. The van der Waals surface area contributed by atoms with E-state index < -0.39 is 11.6 Å². The number of ether oxygens (including phenoxy) is 3. The molecule has 1 N–H and O–H groups in total. The van der Waals surface area contributed by atoms with E-state index in [9.17, 15) is 14.7 Å². The Morgan fingerprint density at radius 2 is 1.86 bits per heavy atom. The standard InChI is InChI=1S/C14H25NO6/c1-3-4-9-20-13(18)15-7-5-14(6-8-15,12(16)17)21-11-10-19-2/h3-11H2,1-2H3,(H,16,17). The van der Waals surface area contributed by atoms with Gasteiger partial charge in [0.05, 0.1) is 19.8 Å². The number of rotatable bonds is 8. The third kappa shape index (κ3) is 5.17. The van der Waals surface area contributed by atoms with Crippen molar-refractivity contribution in [1.82, 2.24) is 4.90 Å². The molecule has 0 atom stereocenters. The summed E-state index contributed by atoms with van der Waals surface area (Å²) >= 11 is 0. The molecule has 0 radical (unpaired) electrons. The number of likely N-dealkylation sites (tertiary alicyclic amines) is 1. The van der Waals surface area contributed by atoms with Crippen molar-refractivity contribution >= 4 is 12.1 Å². The second-order valence-corrected chi connectivity index (χ2v) is 5.10. The van der Waals surface area contributed by atoms with Gasteiger partial charge < -0.3 is 24.2 Å². The fraction of sp³-hybridized carbons (Fsp3) is 0.857. The molecule has 0 aliphatic carbocycles. The van der Waals surface area contributed by atoms with Gasteiger partial charge in [-0.15, -0.1) is 0 Å². The molecule has 1 fully saturated rings. The van der Waals surface area contributed by atoms with Crippen molar-refractivity contribution in [3.05, 3.63) is 0 Å². The molecule has 0 saturated carbocycles. The van der Waals surface area contributed by atoms with Crippen molar-refractivity contribution in [2.75, 3.05) is 40.0 Å². The van der Waals surface area contributed by atoms with Crippen molar-refractivity contribution in [1.29, 1.82) is 0 Å². The Kier molecular flexibility index (Phi) is 7.45. The van der Waals surface area contributed by atoms with E-state index in [1.807, 2.05) is 6.92 Å². The molecule has 0 unspecified atom stereocenters. The van der Waals surface area contributed by atoms with E-state index in [1.54, 1.807) is 0 Å². The van der Waals surface area contributed by atoms with Crippen LogP contribution in [0.5, 0.6) is 0 Å². The van der Waals surface area contributed by atoms with Crippen LogP contribution in [-0.2, 0) is 19.0 Å². The minimum atomic E-state index is -1.22. The van der Waals surface area contributed by atoms with Crippen LogP contribution in [0.15, 0.2) is 0 Å². The largest absolute Gasteiger partial charge is 0.479 e. The van der Waals surface area contributed by atoms with E-state index in [-0.39, 0.29) is 25.5 Å². The first-order valence-electron chi connectivity index (χ1n) is 7.33. The predicted octanol–water partition coefficient (Wildman–Crippen LogP) is 1.51. The lowest BCUT2D eigenvalue weighted by atomic mass is 9.91. The molecule has 1 rings (SSSR count). The molecule has 7 nitrogen and oxygen atoms in total. The van der Waals surface area contributed by atoms with Gasteiger partial charge in [0, 0.05) is 33.0 Å². The summed E-state index contributed by atoms with van der Waals surface area (Å²) in [7, 11) is 1.53. The summed E-state index contributed by atoms with van der Waals surface area (Å²) in [5.74, 6) is -0.988. The van der Waals surface area contributed by atoms with Crippen molar-refractivity contribution < 1.29 is 28.9 Å². The lowest BCUT2D eigenvalue weighted by molar-refractivity contribution is -0.174. The van der Waals surface area contributed by atoms with E-state index >= 15 is 0 Å². The highest BCUT2D eigenvalue weighted by molar-refractivity contribution is 5.78.